The first-order valence-corrected chi connectivity index (χ1v) is 5.98. The molecule has 0 aromatic carbocycles. The summed E-state index contributed by atoms with van der Waals surface area (Å²) in [5, 5.41) is 0. The topological polar surface area (TPSA) is 55.6 Å². The second kappa shape index (κ2) is 5.64. The molecule has 0 radical (unpaired) electrons. The highest BCUT2D eigenvalue weighted by molar-refractivity contribution is 5.77. The van der Waals surface area contributed by atoms with Crippen molar-refractivity contribution in [3.63, 3.8) is 0 Å². The molecule has 0 saturated carbocycles. The summed E-state index contributed by atoms with van der Waals surface area (Å²) in [4.78, 5) is 21.0. The molecule has 2 heterocycles. The van der Waals surface area contributed by atoms with Crippen LogP contribution in [0, 0.1) is 5.92 Å². The van der Waals surface area contributed by atoms with Gasteiger partial charge in [-0.15, -0.1) is 0 Å². The third-order valence-electron chi connectivity index (χ3n) is 2.36. The second-order valence-corrected chi connectivity index (χ2v) is 4.61. The lowest BCUT2D eigenvalue weighted by Gasteiger charge is -2.06. The Kier molecular flexibility index (Phi) is 3.94. The SMILES string of the molecule is CC(C)CONC(=O)Cc1cn2ccccc2n1. The average molecular weight is 247 g/mol. The standard InChI is InChI=1S/C13H17N3O2/c1-10(2)9-18-15-13(17)7-11-8-16-6-4-3-5-12(16)14-11/h3-6,8,10H,7,9H2,1-2H3,(H,15,17). The molecule has 0 atom stereocenters. The molecule has 5 nitrogen and oxygen atoms in total. The Balaban J connectivity index is 1.90. The number of fused-ring (bicyclic) bond motifs is 1. The van der Waals surface area contributed by atoms with Gasteiger partial charge in [-0.25, -0.2) is 10.5 Å². The van der Waals surface area contributed by atoms with Crippen LogP contribution in [-0.4, -0.2) is 21.9 Å². The maximum atomic E-state index is 11.6. The van der Waals surface area contributed by atoms with Gasteiger partial charge in [-0.3, -0.25) is 9.63 Å². The van der Waals surface area contributed by atoms with Gasteiger partial charge in [-0.2, -0.15) is 0 Å². The van der Waals surface area contributed by atoms with Gasteiger partial charge in [0.2, 0.25) is 5.91 Å². The van der Waals surface area contributed by atoms with E-state index in [1.54, 1.807) is 0 Å². The number of amides is 1. The van der Waals surface area contributed by atoms with E-state index in [0.29, 0.717) is 12.5 Å². The molecule has 0 aliphatic carbocycles. The van der Waals surface area contributed by atoms with Crippen molar-refractivity contribution in [2.45, 2.75) is 20.3 Å². The van der Waals surface area contributed by atoms with Crippen LogP contribution in [0.2, 0.25) is 0 Å². The highest BCUT2D eigenvalue weighted by Gasteiger charge is 2.07. The molecule has 5 heteroatoms. The molecule has 18 heavy (non-hydrogen) atoms. The van der Waals surface area contributed by atoms with Gasteiger partial charge in [0.1, 0.15) is 5.65 Å². The number of nitrogens with zero attached hydrogens (tertiary/aromatic N) is 2. The lowest BCUT2D eigenvalue weighted by Crippen LogP contribution is -2.27. The monoisotopic (exact) mass is 247 g/mol. The predicted octanol–water partition coefficient (Wildman–Crippen LogP) is 1.58. The largest absolute Gasteiger partial charge is 0.307 e. The summed E-state index contributed by atoms with van der Waals surface area (Å²) in [5.41, 5.74) is 3.98. The van der Waals surface area contributed by atoms with E-state index in [9.17, 15) is 4.79 Å². The molecule has 2 aromatic heterocycles. The van der Waals surface area contributed by atoms with Gasteiger partial charge in [0.15, 0.2) is 0 Å². The molecule has 0 unspecified atom stereocenters. The number of carbonyl (C=O) groups excluding carboxylic acids is 1. The summed E-state index contributed by atoms with van der Waals surface area (Å²) in [6, 6.07) is 5.73. The number of nitrogens with one attached hydrogen (secondary N) is 1. The maximum Gasteiger partial charge on any atom is 0.249 e. The Bertz CT molecular complexity index is 501. The Labute approximate surface area is 106 Å². The van der Waals surface area contributed by atoms with E-state index >= 15 is 0 Å². The average Bonchev–Trinajstić information content (AvgIpc) is 2.70. The molecular formula is C13H17N3O2. The van der Waals surface area contributed by atoms with Crippen LogP contribution in [0.25, 0.3) is 5.65 Å². The number of pyridine rings is 1. The summed E-state index contributed by atoms with van der Waals surface area (Å²) in [5.74, 6) is 0.208. The van der Waals surface area contributed by atoms with Crippen LogP contribution in [0.1, 0.15) is 19.5 Å². The molecule has 0 saturated heterocycles. The minimum absolute atomic E-state index is 0.181. The van der Waals surface area contributed by atoms with E-state index in [1.807, 2.05) is 48.8 Å². The lowest BCUT2D eigenvalue weighted by molar-refractivity contribution is -0.133. The van der Waals surface area contributed by atoms with E-state index in [-0.39, 0.29) is 12.3 Å². The minimum Gasteiger partial charge on any atom is -0.307 e. The quantitative estimate of drug-likeness (QED) is 0.816. The van der Waals surface area contributed by atoms with Crippen LogP contribution >= 0.6 is 0 Å². The fraction of sp³-hybridized carbons (Fsp3) is 0.385. The molecule has 2 aromatic rings. The molecular weight excluding hydrogens is 230 g/mol. The summed E-state index contributed by atoms with van der Waals surface area (Å²) in [6.07, 6.45) is 3.97. The van der Waals surface area contributed by atoms with Gasteiger partial charge in [-0.05, 0) is 18.1 Å². The Morgan fingerprint density at radius 3 is 3.06 bits per heavy atom. The van der Waals surface area contributed by atoms with Crippen LogP contribution in [-0.2, 0) is 16.1 Å². The van der Waals surface area contributed by atoms with E-state index in [4.69, 9.17) is 4.84 Å². The van der Waals surface area contributed by atoms with Gasteiger partial charge in [-0.1, -0.05) is 19.9 Å². The number of hydrogen-bond acceptors (Lipinski definition) is 3. The predicted molar refractivity (Wildman–Crippen MR) is 67.8 cm³/mol. The van der Waals surface area contributed by atoms with Gasteiger partial charge < -0.3 is 4.40 Å². The summed E-state index contributed by atoms with van der Waals surface area (Å²) in [6.45, 7) is 4.56. The minimum atomic E-state index is -0.181. The molecule has 2 rings (SSSR count). The fourth-order valence-corrected chi connectivity index (χ4v) is 1.56. The Morgan fingerprint density at radius 1 is 1.50 bits per heavy atom. The van der Waals surface area contributed by atoms with Gasteiger partial charge in [0, 0.05) is 12.4 Å². The molecule has 1 N–H and O–H groups in total. The fourth-order valence-electron chi connectivity index (χ4n) is 1.56. The van der Waals surface area contributed by atoms with Crippen molar-refractivity contribution in [3.8, 4) is 0 Å². The van der Waals surface area contributed by atoms with Crippen LogP contribution in [0.3, 0.4) is 0 Å². The first kappa shape index (κ1) is 12.6. The van der Waals surface area contributed by atoms with Crippen LogP contribution in [0.5, 0.6) is 0 Å². The third kappa shape index (κ3) is 3.30. The Hall–Kier alpha value is -1.88. The van der Waals surface area contributed by atoms with Crippen molar-refractivity contribution in [1.29, 1.82) is 0 Å². The number of hydroxylamine groups is 1. The highest BCUT2D eigenvalue weighted by Crippen LogP contribution is 2.04. The molecule has 0 spiro atoms. The van der Waals surface area contributed by atoms with E-state index in [1.165, 1.54) is 0 Å². The number of hydrogen-bond donors (Lipinski definition) is 1. The van der Waals surface area contributed by atoms with Crippen molar-refractivity contribution in [3.05, 3.63) is 36.3 Å². The zero-order valence-electron chi connectivity index (χ0n) is 10.6. The van der Waals surface area contributed by atoms with Gasteiger partial charge >= 0.3 is 0 Å². The molecule has 0 bridgehead atoms. The highest BCUT2D eigenvalue weighted by atomic mass is 16.6. The molecule has 0 aliphatic rings. The van der Waals surface area contributed by atoms with Gasteiger partial charge in [0.25, 0.3) is 0 Å². The normalized spacial score (nSPS) is 11.1. The van der Waals surface area contributed by atoms with E-state index in [0.717, 1.165) is 11.3 Å². The summed E-state index contributed by atoms with van der Waals surface area (Å²) < 4.78 is 1.89. The molecule has 0 fully saturated rings. The molecule has 96 valence electrons. The second-order valence-electron chi connectivity index (χ2n) is 4.61. The van der Waals surface area contributed by atoms with E-state index < -0.39 is 0 Å². The maximum absolute atomic E-state index is 11.6. The first-order valence-electron chi connectivity index (χ1n) is 5.98. The number of imidazole rings is 1. The zero-order valence-corrected chi connectivity index (χ0v) is 10.6. The smallest absolute Gasteiger partial charge is 0.249 e. The van der Waals surface area contributed by atoms with Crippen molar-refractivity contribution in [2.24, 2.45) is 5.92 Å². The molecule has 0 aliphatic heterocycles. The van der Waals surface area contributed by atoms with Crippen LogP contribution < -0.4 is 5.48 Å². The van der Waals surface area contributed by atoms with Gasteiger partial charge in [0.05, 0.1) is 18.7 Å². The Morgan fingerprint density at radius 2 is 2.33 bits per heavy atom. The van der Waals surface area contributed by atoms with Crippen molar-refractivity contribution in [1.82, 2.24) is 14.9 Å². The number of carbonyl (C=O) groups is 1. The summed E-state index contributed by atoms with van der Waals surface area (Å²) in [7, 11) is 0. The van der Waals surface area contributed by atoms with Crippen molar-refractivity contribution < 1.29 is 9.63 Å². The van der Waals surface area contributed by atoms with E-state index in [2.05, 4.69) is 10.5 Å². The first-order chi connectivity index (χ1) is 8.65. The van der Waals surface area contributed by atoms with Crippen molar-refractivity contribution in [2.75, 3.05) is 6.61 Å². The zero-order chi connectivity index (χ0) is 13.0. The van der Waals surface area contributed by atoms with Crippen LogP contribution in [0.15, 0.2) is 30.6 Å². The number of aromatic nitrogens is 2. The summed E-state index contributed by atoms with van der Waals surface area (Å²) >= 11 is 0. The van der Waals surface area contributed by atoms with Crippen molar-refractivity contribution >= 4 is 11.6 Å². The third-order valence-corrected chi connectivity index (χ3v) is 2.36. The lowest BCUT2D eigenvalue weighted by atomic mass is 10.2. The number of rotatable bonds is 5. The molecule has 1 amide bonds. The van der Waals surface area contributed by atoms with Crippen LogP contribution in [0.4, 0.5) is 0 Å².